The van der Waals surface area contributed by atoms with Crippen LogP contribution in [-0.2, 0) is 20.8 Å². The third-order valence-electron chi connectivity index (χ3n) is 5.31. The highest BCUT2D eigenvalue weighted by molar-refractivity contribution is 9.10. The van der Waals surface area contributed by atoms with Gasteiger partial charge in [-0.2, -0.15) is 5.10 Å². The quantitative estimate of drug-likeness (QED) is 0.179. The van der Waals surface area contributed by atoms with Crippen molar-refractivity contribution in [2.45, 2.75) is 20.3 Å². The van der Waals surface area contributed by atoms with Gasteiger partial charge in [0.1, 0.15) is 0 Å². The van der Waals surface area contributed by atoms with Crippen LogP contribution in [0.3, 0.4) is 0 Å². The largest absolute Gasteiger partial charge is 0.493 e. The van der Waals surface area contributed by atoms with Crippen molar-refractivity contribution in [1.29, 1.82) is 0 Å². The van der Waals surface area contributed by atoms with E-state index in [9.17, 15) is 14.4 Å². The Morgan fingerprint density at radius 2 is 1.79 bits per heavy atom. The summed E-state index contributed by atoms with van der Waals surface area (Å²) in [6, 6.07) is 15.7. The predicted molar refractivity (Wildman–Crippen MR) is 151 cm³/mol. The Morgan fingerprint density at radius 3 is 2.53 bits per heavy atom. The van der Waals surface area contributed by atoms with Crippen LogP contribution in [0.1, 0.15) is 23.6 Å². The molecule has 0 bridgehead atoms. The lowest BCUT2D eigenvalue weighted by molar-refractivity contribution is -0.136. The van der Waals surface area contributed by atoms with Crippen LogP contribution in [0.15, 0.2) is 64.2 Å². The molecule has 0 saturated heterocycles. The highest BCUT2D eigenvalue weighted by Crippen LogP contribution is 2.36. The van der Waals surface area contributed by atoms with Gasteiger partial charge >= 0.3 is 11.8 Å². The van der Waals surface area contributed by atoms with E-state index in [-0.39, 0.29) is 12.5 Å². The molecule has 0 aliphatic rings. The molecule has 0 radical (unpaired) electrons. The molecule has 3 aromatic carbocycles. The average Bonchev–Trinajstić information content (AvgIpc) is 2.90. The maximum absolute atomic E-state index is 12.4. The summed E-state index contributed by atoms with van der Waals surface area (Å²) in [4.78, 5) is 36.8. The number of rotatable bonds is 9. The molecule has 0 saturated carbocycles. The zero-order valence-electron chi connectivity index (χ0n) is 20.9. The van der Waals surface area contributed by atoms with Gasteiger partial charge in [0.25, 0.3) is 5.91 Å². The molecule has 198 valence electrons. The van der Waals surface area contributed by atoms with Gasteiger partial charge in [-0.3, -0.25) is 14.4 Å². The summed E-state index contributed by atoms with van der Waals surface area (Å²) in [5.74, 6) is -1.50. The summed E-state index contributed by atoms with van der Waals surface area (Å²) in [5.41, 5.74) is 5.67. The van der Waals surface area contributed by atoms with Crippen LogP contribution >= 0.6 is 27.5 Å². The van der Waals surface area contributed by atoms with Gasteiger partial charge in [0.05, 0.1) is 17.8 Å². The zero-order valence-corrected chi connectivity index (χ0v) is 23.3. The smallest absolute Gasteiger partial charge is 0.329 e. The molecule has 11 heteroatoms. The predicted octanol–water partition coefficient (Wildman–Crippen LogP) is 5.09. The number of para-hydroxylation sites is 1. The van der Waals surface area contributed by atoms with Gasteiger partial charge in [-0.25, -0.2) is 5.43 Å². The lowest BCUT2D eigenvalue weighted by Gasteiger charge is -2.14. The van der Waals surface area contributed by atoms with E-state index in [0.29, 0.717) is 44.4 Å². The summed E-state index contributed by atoms with van der Waals surface area (Å²) in [7, 11) is 1.45. The third-order valence-corrected chi connectivity index (χ3v) is 6.13. The van der Waals surface area contributed by atoms with E-state index in [1.165, 1.54) is 13.3 Å². The molecule has 0 aromatic heterocycles. The standard InChI is InChI=1S/C27H26BrClN4O5/c1-4-18-7-5-6-8-21(18)32-26(35)27(36)33-30-14-17-11-20(28)25(23(12-17)37-3)38-15-24(34)31-22-13-19(29)10-9-16(22)2/h5-14H,4,15H2,1-3H3,(H,31,34)(H,32,35)(H,33,36)/b30-14-. The number of carbonyl (C=O) groups is 3. The Hall–Kier alpha value is -3.89. The molecule has 9 nitrogen and oxygen atoms in total. The second-order valence-corrected chi connectivity index (χ2v) is 9.28. The number of ether oxygens (including phenoxy) is 2. The number of nitrogens with zero attached hydrogens (tertiary/aromatic N) is 1. The SMILES string of the molecule is CCc1ccccc1NC(=O)C(=O)N/N=C\c1cc(Br)c(OCC(=O)Nc2cc(Cl)ccc2C)c(OC)c1. The fourth-order valence-corrected chi connectivity index (χ4v) is 4.10. The number of aryl methyl sites for hydroxylation is 2. The van der Waals surface area contributed by atoms with Gasteiger partial charge in [-0.1, -0.05) is 42.8 Å². The molecule has 0 heterocycles. The number of benzene rings is 3. The second kappa shape index (κ2) is 13.6. The van der Waals surface area contributed by atoms with Gasteiger partial charge in [0, 0.05) is 16.4 Å². The normalized spacial score (nSPS) is 10.7. The molecule has 3 rings (SSSR count). The number of nitrogens with one attached hydrogen (secondary N) is 3. The Morgan fingerprint density at radius 1 is 1.03 bits per heavy atom. The van der Waals surface area contributed by atoms with E-state index in [1.54, 1.807) is 42.5 Å². The van der Waals surface area contributed by atoms with Crippen LogP contribution in [0, 0.1) is 6.92 Å². The fraction of sp³-hybridized carbons (Fsp3) is 0.185. The van der Waals surface area contributed by atoms with Crippen LogP contribution in [0.5, 0.6) is 11.5 Å². The van der Waals surface area contributed by atoms with Crippen molar-refractivity contribution in [3.05, 3.63) is 80.8 Å². The molecule has 0 fully saturated rings. The van der Waals surface area contributed by atoms with Crippen molar-refractivity contribution < 1.29 is 23.9 Å². The molecule has 3 aromatic rings. The van der Waals surface area contributed by atoms with Gasteiger partial charge in [-0.15, -0.1) is 0 Å². The minimum absolute atomic E-state index is 0.277. The summed E-state index contributed by atoms with van der Waals surface area (Å²) in [6.45, 7) is 3.53. The number of hydrazone groups is 1. The first-order chi connectivity index (χ1) is 18.2. The number of hydrogen-bond donors (Lipinski definition) is 3. The van der Waals surface area contributed by atoms with Gasteiger partial charge in [-0.05, 0) is 76.3 Å². The van der Waals surface area contributed by atoms with Gasteiger partial charge in [0.15, 0.2) is 18.1 Å². The van der Waals surface area contributed by atoms with Crippen molar-refractivity contribution >= 4 is 62.8 Å². The maximum atomic E-state index is 12.4. The number of anilines is 2. The van der Waals surface area contributed by atoms with Crippen LogP contribution in [0.4, 0.5) is 11.4 Å². The molecule has 3 N–H and O–H groups in total. The van der Waals surface area contributed by atoms with Crippen molar-refractivity contribution in [3.63, 3.8) is 0 Å². The molecule has 3 amide bonds. The number of hydrogen-bond acceptors (Lipinski definition) is 6. The van der Waals surface area contributed by atoms with Crippen LogP contribution in [0.2, 0.25) is 5.02 Å². The number of carbonyl (C=O) groups excluding carboxylic acids is 3. The van der Waals surface area contributed by atoms with E-state index < -0.39 is 11.8 Å². The third kappa shape index (κ3) is 7.80. The Kier molecular flexibility index (Phi) is 10.3. The summed E-state index contributed by atoms with van der Waals surface area (Å²) >= 11 is 9.41. The van der Waals surface area contributed by atoms with E-state index in [2.05, 4.69) is 37.1 Å². The first kappa shape index (κ1) is 28.7. The molecule has 0 unspecified atom stereocenters. The van der Waals surface area contributed by atoms with Crippen LogP contribution < -0.4 is 25.5 Å². The first-order valence-corrected chi connectivity index (χ1v) is 12.7. The monoisotopic (exact) mass is 600 g/mol. The van der Waals surface area contributed by atoms with Crippen molar-refractivity contribution in [2.24, 2.45) is 5.10 Å². The highest BCUT2D eigenvalue weighted by atomic mass is 79.9. The lowest BCUT2D eigenvalue weighted by Crippen LogP contribution is -2.32. The van der Waals surface area contributed by atoms with E-state index in [1.807, 2.05) is 26.0 Å². The topological polar surface area (TPSA) is 118 Å². The second-order valence-electron chi connectivity index (χ2n) is 7.99. The molecular weight excluding hydrogens is 576 g/mol. The molecular formula is C27H26BrClN4O5. The van der Waals surface area contributed by atoms with Crippen LogP contribution in [0.25, 0.3) is 0 Å². The minimum atomic E-state index is -0.918. The van der Waals surface area contributed by atoms with Crippen molar-refractivity contribution in [1.82, 2.24) is 5.43 Å². The van der Waals surface area contributed by atoms with Crippen molar-refractivity contribution in [3.8, 4) is 11.5 Å². The Labute approximate surface area is 233 Å². The average molecular weight is 602 g/mol. The molecule has 0 aliphatic carbocycles. The van der Waals surface area contributed by atoms with E-state index in [4.69, 9.17) is 21.1 Å². The number of methoxy groups -OCH3 is 1. The van der Waals surface area contributed by atoms with Crippen LogP contribution in [-0.4, -0.2) is 37.7 Å². The van der Waals surface area contributed by atoms with Crippen molar-refractivity contribution in [2.75, 3.05) is 24.4 Å². The Bertz CT molecular complexity index is 1380. The first-order valence-electron chi connectivity index (χ1n) is 11.5. The number of halogens is 2. The van der Waals surface area contributed by atoms with E-state index in [0.717, 1.165) is 11.1 Å². The fourth-order valence-electron chi connectivity index (χ4n) is 3.35. The summed E-state index contributed by atoms with van der Waals surface area (Å²) < 4.78 is 11.6. The molecule has 38 heavy (non-hydrogen) atoms. The Balaban J connectivity index is 1.60. The minimum Gasteiger partial charge on any atom is -0.493 e. The summed E-state index contributed by atoms with van der Waals surface area (Å²) in [6.07, 6.45) is 2.05. The number of amides is 3. The van der Waals surface area contributed by atoms with E-state index >= 15 is 0 Å². The van der Waals surface area contributed by atoms with Gasteiger partial charge in [0.2, 0.25) is 0 Å². The molecule has 0 aliphatic heterocycles. The molecule has 0 atom stereocenters. The maximum Gasteiger partial charge on any atom is 0.329 e. The van der Waals surface area contributed by atoms with Gasteiger partial charge < -0.3 is 20.1 Å². The molecule has 0 spiro atoms. The zero-order chi connectivity index (χ0) is 27.7. The lowest BCUT2D eigenvalue weighted by atomic mass is 10.1. The highest BCUT2D eigenvalue weighted by Gasteiger charge is 2.16. The summed E-state index contributed by atoms with van der Waals surface area (Å²) in [5, 5.41) is 9.70.